The fourth-order valence-electron chi connectivity index (χ4n) is 1.51. The Morgan fingerprint density at radius 2 is 2.33 bits per heavy atom. The van der Waals surface area contributed by atoms with E-state index in [1.807, 2.05) is 31.2 Å². The summed E-state index contributed by atoms with van der Waals surface area (Å²) in [5.74, 6) is -0.263. The highest BCUT2D eigenvalue weighted by molar-refractivity contribution is 7.16. The van der Waals surface area contributed by atoms with Crippen LogP contribution in [0.15, 0.2) is 36.9 Å². The highest BCUT2D eigenvalue weighted by Gasteiger charge is 2.11. The van der Waals surface area contributed by atoms with Gasteiger partial charge in [0.2, 0.25) is 5.91 Å². The van der Waals surface area contributed by atoms with Gasteiger partial charge in [-0.25, -0.2) is 4.98 Å². The van der Waals surface area contributed by atoms with Crippen molar-refractivity contribution in [2.75, 3.05) is 5.32 Å². The average Bonchev–Trinajstić information content (AvgIpc) is 2.70. The van der Waals surface area contributed by atoms with Crippen molar-refractivity contribution in [1.82, 2.24) is 4.98 Å². The number of aryl methyl sites for hydroxylation is 1. The fraction of sp³-hybridized carbons (Fsp3) is 0.0769. The highest BCUT2D eigenvalue weighted by Crippen LogP contribution is 2.31. The van der Waals surface area contributed by atoms with E-state index in [-0.39, 0.29) is 5.91 Å². The maximum Gasteiger partial charge on any atom is 0.249 e. The Morgan fingerprint density at radius 3 is 3.00 bits per heavy atom. The molecule has 0 fully saturated rings. The molecule has 0 unspecified atom stereocenters. The number of carbonyl (C=O) groups excluding carboxylic acids is 1. The van der Waals surface area contributed by atoms with Gasteiger partial charge in [-0.15, -0.1) is 11.3 Å². The van der Waals surface area contributed by atoms with Gasteiger partial charge < -0.3 is 0 Å². The van der Waals surface area contributed by atoms with Crippen molar-refractivity contribution < 1.29 is 4.79 Å². The molecule has 0 atom stereocenters. The zero-order chi connectivity index (χ0) is 13.1. The maximum atomic E-state index is 11.2. The number of hydrogen-bond acceptors (Lipinski definition) is 3. The topological polar surface area (TPSA) is 42.0 Å². The van der Waals surface area contributed by atoms with Crippen LogP contribution < -0.4 is 5.32 Å². The smallest absolute Gasteiger partial charge is 0.249 e. The van der Waals surface area contributed by atoms with E-state index < -0.39 is 0 Å². The largest absolute Gasteiger partial charge is 0.298 e. The minimum absolute atomic E-state index is 0.263. The Hall–Kier alpha value is -1.65. The molecule has 2 rings (SSSR count). The fourth-order valence-corrected chi connectivity index (χ4v) is 2.54. The molecular formula is C13H11ClN2OS. The Kier molecular flexibility index (Phi) is 3.79. The summed E-state index contributed by atoms with van der Waals surface area (Å²) in [4.78, 5) is 16.6. The van der Waals surface area contributed by atoms with Crippen LogP contribution in [0.5, 0.6) is 0 Å². The van der Waals surface area contributed by atoms with Crippen LogP contribution in [0.1, 0.15) is 4.88 Å². The number of carbonyl (C=O) groups is 1. The predicted octanol–water partition coefficient (Wildman–Crippen LogP) is 3.90. The Labute approximate surface area is 114 Å². The SMILES string of the molecule is C=CC(=O)Nc1nc(-c2cccc(Cl)c2)c(C)s1. The van der Waals surface area contributed by atoms with E-state index in [9.17, 15) is 4.79 Å². The molecule has 1 amide bonds. The molecule has 1 heterocycles. The van der Waals surface area contributed by atoms with Gasteiger partial charge in [0.05, 0.1) is 5.69 Å². The summed E-state index contributed by atoms with van der Waals surface area (Å²) >= 11 is 7.38. The lowest BCUT2D eigenvalue weighted by Crippen LogP contribution is -2.06. The Bertz CT molecular complexity index is 607. The number of anilines is 1. The molecule has 1 N–H and O–H groups in total. The number of nitrogens with one attached hydrogen (secondary N) is 1. The molecule has 18 heavy (non-hydrogen) atoms. The molecule has 0 aliphatic carbocycles. The van der Waals surface area contributed by atoms with Crippen LogP contribution in [-0.4, -0.2) is 10.9 Å². The summed E-state index contributed by atoms with van der Waals surface area (Å²) in [5.41, 5.74) is 1.78. The minimum Gasteiger partial charge on any atom is -0.298 e. The van der Waals surface area contributed by atoms with Crippen LogP contribution in [0.25, 0.3) is 11.3 Å². The van der Waals surface area contributed by atoms with Gasteiger partial charge in [-0.05, 0) is 25.1 Å². The normalized spacial score (nSPS) is 10.1. The van der Waals surface area contributed by atoms with Gasteiger partial charge in [0.1, 0.15) is 0 Å². The molecule has 1 aromatic heterocycles. The summed E-state index contributed by atoms with van der Waals surface area (Å²) < 4.78 is 0. The zero-order valence-corrected chi connectivity index (χ0v) is 11.3. The average molecular weight is 279 g/mol. The predicted molar refractivity (Wildman–Crippen MR) is 76.1 cm³/mol. The third-order valence-corrected chi connectivity index (χ3v) is 3.43. The second-order valence-corrected chi connectivity index (χ2v) is 5.27. The monoisotopic (exact) mass is 278 g/mol. The number of thiazole rings is 1. The molecule has 0 saturated carbocycles. The van der Waals surface area contributed by atoms with Gasteiger partial charge in [-0.1, -0.05) is 30.3 Å². The van der Waals surface area contributed by atoms with E-state index in [0.717, 1.165) is 16.1 Å². The van der Waals surface area contributed by atoms with E-state index in [4.69, 9.17) is 11.6 Å². The lowest BCUT2D eigenvalue weighted by atomic mass is 10.1. The first kappa shape index (κ1) is 12.8. The number of benzene rings is 1. The van der Waals surface area contributed by atoms with Gasteiger partial charge in [-0.3, -0.25) is 10.1 Å². The molecule has 0 aliphatic rings. The van der Waals surface area contributed by atoms with Crippen LogP contribution in [0.4, 0.5) is 5.13 Å². The summed E-state index contributed by atoms with van der Waals surface area (Å²) in [6, 6.07) is 7.47. The number of halogens is 1. The number of aromatic nitrogens is 1. The van der Waals surface area contributed by atoms with Crippen molar-refractivity contribution in [3.8, 4) is 11.3 Å². The van der Waals surface area contributed by atoms with Crippen molar-refractivity contribution in [3.63, 3.8) is 0 Å². The number of rotatable bonds is 3. The first-order chi connectivity index (χ1) is 8.60. The second kappa shape index (κ2) is 5.33. The van der Waals surface area contributed by atoms with Crippen molar-refractivity contribution in [2.24, 2.45) is 0 Å². The standard InChI is InChI=1S/C13H11ClN2OS/c1-3-11(17)15-13-16-12(8(2)18-13)9-5-4-6-10(14)7-9/h3-7H,1H2,2H3,(H,15,16,17). The van der Waals surface area contributed by atoms with Gasteiger partial charge in [0.15, 0.2) is 5.13 Å². The maximum absolute atomic E-state index is 11.2. The van der Waals surface area contributed by atoms with Crippen molar-refractivity contribution in [3.05, 3.63) is 46.8 Å². The molecule has 0 spiro atoms. The Morgan fingerprint density at radius 1 is 1.56 bits per heavy atom. The molecule has 0 aliphatic heterocycles. The van der Waals surface area contributed by atoms with Crippen LogP contribution in [0.2, 0.25) is 5.02 Å². The molecule has 2 aromatic rings. The van der Waals surface area contributed by atoms with Crippen molar-refractivity contribution in [2.45, 2.75) is 6.92 Å². The van der Waals surface area contributed by atoms with Gasteiger partial charge in [-0.2, -0.15) is 0 Å². The summed E-state index contributed by atoms with van der Waals surface area (Å²) in [5, 5.41) is 3.88. The summed E-state index contributed by atoms with van der Waals surface area (Å²) in [6.07, 6.45) is 1.22. The lowest BCUT2D eigenvalue weighted by molar-refractivity contribution is -0.111. The highest BCUT2D eigenvalue weighted by atomic mass is 35.5. The molecule has 3 nitrogen and oxygen atoms in total. The van der Waals surface area contributed by atoms with Crippen LogP contribution in [0, 0.1) is 6.92 Å². The number of nitrogens with zero attached hydrogens (tertiary/aromatic N) is 1. The first-order valence-corrected chi connectivity index (χ1v) is 6.46. The molecule has 92 valence electrons. The third kappa shape index (κ3) is 2.78. The lowest BCUT2D eigenvalue weighted by Gasteiger charge is -1.98. The van der Waals surface area contributed by atoms with Crippen LogP contribution >= 0.6 is 22.9 Å². The minimum atomic E-state index is -0.263. The van der Waals surface area contributed by atoms with E-state index in [0.29, 0.717) is 10.2 Å². The van der Waals surface area contributed by atoms with Gasteiger partial charge in [0, 0.05) is 15.5 Å². The zero-order valence-electron chi connectivity index (χ0n) is 9.74. The quantitative estimate of drug-likeness (QED) is 0.865. The molecule has 0 saturated heterocycles. The van der Waals surface area contributed by atoms with Crippen molar-refractivity contribution >= 4 is 34.0 Å². The van der Waals surface area contributed by atoms with E-state index in [1.54, 1.807) is 0 Å². The van der Waals surface area contributed by atoms with Gasteiger partial charge >= 0.3 is 0 Å². The van der Waals surface area contributed by atoms with Crippen LogP contribution in [0.3, 0.4) is 0 Å². The van der Waals surface area contributed by atoms with E-state index in [2.05, 4.69) is 16.9 Å². The van der Waals surface area contributed by atoms with Gasteiger partial charge in [0.25, 0.3) is 0 Å². The Balaban J connectivity index is 2.35. The van der Waals surface area contributed by atoms with E-state index >= 15 is 0 Å². The molecule has 0 radical (unpaired) electrons. The van der Waals surface area contributed by atoms with Crippen LogP contribution in [-0.2, 0) is 4.79 Å². The summed E-state index contributed by atoms with van der Waals surface area (Å²) in [7, 11) is 0. The molecule has 0 bridgehead atoms. The van der Waals surface area contributed by atoms with E-state index in [1.165, 1.54) is 17.4 Å². The summed E-state index contributed by atoms with van der Waals surface area (Å²) in [6.45, 7) is 5.36. The first-order valence-electron chi connectivity index (χ1n) is 5.27. The third-order valence-electron chi connectivity index (χ3n) is 2.31. The van der Waals surface area contributed by atoms with Crippen molar-refractivity contribution in [1.29, 1.82) is 0 Å². The second-order valence-electron chi connectivity index (χ2n) is 3.63. The number of hydrogen-bond donors (Lipinski definition) is 1. The molecular weight excluding hydrogens is 268 g/mol. The number of amides is 1. The molecule has 5 heteroatoms. The molecule has 1 aromatic carbocycles.